The maximum absolute atomic E-state index is 6.13. The third kappa shape index (κ3) is 4.81. The number of rotatable bonds is 4. The number of anilines is 1. The van der Waals surface area contributed by atoms with Gasteiger partial charge in [0.2, 0.25) is 5.88 Å². The first-order chi connectivity index (χ1) is 16.6. The van der Waals surface area contributed by atoms with Crippen molar-refractivity contribution in [3.63, 3.8) is 0 Å². The smallest absolute Gasteiger partial charge is 0.246 e. The van der Waals surface area contributed by atoms with Crippen LogP contribution in [0.15, 0.2) is 41.8 Å². The molecule has 0 atom stereocenters. The Kier molecular flexibility index (Phi) is 5.90. The number of H-pyrrole nitrogens is 1. The summed E-state index contributed by atoms with van der Waals surface area (Å²) in [4.78, 5) is 21.2. The molecule has 0 radical (unpaired) electrons. The topological polar surface area (TPSA) is 102 Å². The van der Waals surface area contributed by atoms with Crippen molar-refractivity contribution < 1.29 is 4.74 Å². The third-order valence-corrected chi connectivity index (χ3v) is 7.31. The summed E-state index contributed by atoms with van der Waals surface area (Å²) < 4.78 is 6.13. The lowest BCUT2D eigenvalue weighted by atomic mass is 9.77. The molecule has 5 rings (SSSR count). The fraction of sp³-hybridized carbons (Fsp3) is 0.500. The van der Waals surface area contributed by atoms with Crippen LogP contribution in [0, 0.1) is 5.92 Å². The second kappa shape index (κ2) is 8.77. The number of nitrogen functional groups attached to an aromatic ring is 1. The Labute approximate surface area is 207 Å². The zero-order valence-corrected chi connectivity index (χ0v) is 21.4. The van der Waals surface area contributed by atoms with Gasteiger partial charge in [0, 0.05) is 22.9 Å². The van der Waals surface area contributed by atoms with Crippen molar-refractivity contribution in [2.45, 2.75) is 83.7 Å². The van der Waals surface area contributed by atoms with Gasteiger partial charge in [0.05, 0.1) is 5.71 Å². The van der Waals surface area contributed by atoms with Gasteiger partial charge in [-0.2, -0.15) is 4.98 Å². The largest absolute Gasteiger partial charge is 0.463 e. The molecule has 1 aliphatic carbocycles. The average molecular weight is 473 g/mol. The third-order valence-electron chi connectivity index (χ3n) is 7.31. The van der Waals surface area contributed by atoms with Crippen LogP contribution in [0.3, 0.4) is 0 Å². The molecule has 0 spiro atoms. The molecule has 0 amide bonds. The van der Waals surface area contributed by atoms with Crippen molar-refractivity contribution in [3.8, 4) is 5.88 Å². The van der Waals surface area contributed by atoms with Gasteiger partial charge in [-0.05, 0) is 63.4 Å². The van der Waals surface area contributed by atoms with E-state index in [2.05, 4.69) is 65.0 Å². The highest BCUT2D eigenvalue weighted by atomic mass is 16.5. The SMILES string of the molecule is CC1(C)Oc2ncnc(N)c2N=C1c1ccc([C@H]2CC[C@H](Cc3cnc(C(C)(C)C)[nH]3)CC2)cc1. The number of benzene rings is 1. The first-order valence-corrected chi connectivity index (χ1v) is 12.6. The Balaban J connectivity index is 1.25. The monoisotopic (exact) mass is 472 g/mol. The van der Waals surface area contributed by atoms with Crippen LogP contribution >= 0.6 is 0 Å². The normalized spacial score (nSPS) is 21.7. The van der Waals surface area contributed by atoms with Crippen molar-refractivity contribution >= 4 is 17.2 Å². The van der Waals surface area contributed by atoms with Crippen molar-refractivity contribution in [1.29, 1.82) is 0 Å². The minimum Gasteiger partial charge on any atom is -0.463 e. The Morgan fingerprint density at radius 3 is 2.40 bits per heavy atom. The molecule has 35 heavy (non-hydrogen) atoms. The van der Waals surface area contributed by atoms with Crippen LogP contribution in [0.4, 0.5) is 11.5 Å². The molecule has 1 fully saturated rings. The van der Waals surface area contributed by atoms with Crippen LogP contribution in [-0.4, -0.2) is 31.2 Å². The predicted molar refractivity (Wildman–Crippen MR) is 139 cm³/mol. The summed E-state index contributed by atoms with van der Waals surface area (Å²) in [5, 5.41) is 0. The van der Waals surface area contributed by atoms with Gasteiger partial charge in [0.15, 0.2) is 11.5 Å². The number of nitrogens with zero attached hydrogens (tertiary/aromatic N) is 4. The fourth-order valence-corrected chi connectivity index (χ4v) is 5.27. The van der Waals surface area contributed by atoms with Gasteiger partial charge in [-0.1, -0.05) is 45.0 Å². The number of aromatic nitrogens is 4. The average Bonchev–Trinajstić information content (AvgIpc) is 3.28. The Bertz CT molecular complexity index is 1230. The van der Waals surface area contributed by atoms with Crippen molar-refractivity contribution in [3.05, 3.63) is 59.4 Å². The molecular formula is C28H36N6O. The quantitative estimate of drug-likeness (QED) is 0.493. The number of aliphatic imine (C=N–C) groups is 1. The Morgan fingerprint density at radius 2 is 1.74 bits per heavy atom. The van der Waals surface area contributed by atoms with Gasteiger partial charge < -0.3 is 15.5 Å². The number of ether oxygens (including phenoxy) is 1. The number of hydrogen-bond donors (Lipinski definition) is 2. The molecule has 3 heterocycles. The van der Waals surface area contributed by atoms with E-state index in [1.807, 2.05) is 20.0 Å². The molecular weight excluding hydrogens is 436 g/mol. The van der Waals surface area contributed by atoms with Crippen LogP contribution in [0.2, 0.25) is 0 Å². The fourth-order valence-electron chi connectivity index (χ4n) is 5.27. The van der Waals surface area contributed by atoms with E-state index in [-0.39, 0.29) is 5.41 Å². The summed E-state index contributed by atoms with van der Waals surface area (Å²) in [5.74, 6) is 3.18. The van der Waals surface area contributed by atoms with E-state index in [4.69, 9.17) is 15.5 Å². The standard InChI is InChI=1S/C28H36N6O/c1-27(2,3)26-30-15-21(33-26)14-17-6-8-18(9-7-17)19-10-12-20(13-11-19)23-28(4,5)35-25-22(34-23)24(29)31-16-32-25/h10-13,15-18H,6-9,14H2,1-5H3,(H,30,33)(H2,29,31,32)/t17-,18-. The first-order valence-electron chi connectivity index (χ1n) is 12.6. The maximum Gasteiger partial charge on any atom is 0.246 e. The van der Waals surface area contributed by atoms with E-state index in [0.717, 1.165) is 29.4 Å². The molecule has 0 unspecified atom stereocenters. The van der Waals surface area contributed by atoms with Crippen molar-refractivity contribution in [2.75, 3.05) is 5.73 Å². The summed E-state index contributed by atoms with van der Waals surface area (Å²) in [6.07, 6.45) is 9.48. The molecule has 7 heteroatoms. The number of fused-ring (bicyclic) bond motifs is 1. The summed E-state index contributed by atoms with van der Waals surface area (Å²) >= 11 is 0. The minimum atomic E-state index is -0.604. The second-order valence-electron chi connectivity index (χ2n) is 11.5. The van der Waals surface area contributed by atoms with Gasteiger partial charge in [-0.25, -0.2) is 15.0 Å². The van der Waals surface area contributed by atoms with Gasteiger partial charge in [0.1, 0.15) is 17.8 Å². The molecule has 1 aliphatic heterocycles. The summed E-state index contributed by atoms with van der Waals surface area (Å²) in [6.45, 7) is 10.6. The van der Waals surface area contributed by atoms with Gasteiger partial charge in [-0.15, -0.1) is 0 Å². The van der Waals surface area contributed by atoms with E-state index >= 15 is 0 Å². The summed E-state index contributed by atoms with van der Waals surface area (Å²) in [5.41, 5.74) is 10.6. The van der Waals surface area contributed by atoms with Crippen LogP contribution in [-0.2, 0) is 11.8 Å². The lowest BCUT2D eigenvalue weighted by Gasteiger charge is -2.32. The van der Waals surface area contributed by atoms with Gasteiger partial charge in [-0.3, -0.25) is 0 Å². The highest BCUT2D eigenvalue weighted by Gasteiger charge is 2.35. The molecule has 184 valence electrons. The zero-order valence-electron chi connectivity index (χ0n) is 21.4. The molecule has 7 nitrogen and oxygen atoms in total. The number of aromatic amines is 1. The highest BCUT2D eigenvalue weighted by Crippen LogP contribution is 2.40. The second-order valence-corrected chi connectivity index (χ2v) is 11.5. The highest BCUT2D eigenvalue weighted by molar-refractivity contribution is 6.09. The van der Waals surface area contributed by atoms with Crippen molar-refractivity contribution in [2.24, 2.45) is 10.9 Å². The number of nitrogens with two attached hydrogens (primary N) is 1. The van der Waals surface area contributed by atoms with Crippen LogP contribution in [0.1, 0.15) is 88.9 Å². The first kappa shape index (κ1) is 23.5. The summed E-state index contributed by atoms with van der Waals surface area (Å²) in [6, 6.07) is 8.83. The molecule has 0 bridgehead atoms. The molecule has 2 aliphatic rings. The van der Waals surface area contributed by atoms with E-state index in [9.17, 15) is 0 Å². The number of nitrogens with one attached hydrogen (secondary N) is 1. The minimum absolute atomic E-state index is 0.0658. The van der Waals surface area contributed by atoms with Crippen LogP contribution in [0.5, 0.6) is 5.88 Å². The summed E-state index contributed by atoms with van der Waals surface area (Å²) in [7, 11) is 0. The van der Waals surface area contributed by atoms with E-state index in [0.29, 0.717) is 23.3 Å². The number of hydrogen-bond acceptors (Lipinski definition) is 6. The van der Waals surface area contributed by atoms with E-state index < -0.39 is 5.60 Å². The molecule has 1 saturated carbocycles. The zero-order chi connectivity index (χ0) is 24.8. The molecule has 2 aromatic heterocycles. The molecule has 0 saturated heterocycles. The molecule has 3 aromatic rings. The van der Waals surface area contributed by atoms with E-state index in [1.165, 1.54) is 43.3 Å². The molecule has 1 aromatic carbocycles. The van der Waals surface area contributed by atoms with Crippen LogP contribution < -0.4 is 10.5 Å². The predicted octanol–water partition coefficient (Wildman–Crippen LogP) is 5.89. The van der Waals surface area contributed by atoms with Gasteiger partial charge in [0.25, 0.3) is 0 Å². The number of imidazole rings is 1. The van der Waals surface area contributed by atoms with Crippen LogP contribution in [0.25, 0.3) is 0 Å². The van der Waals surface area contributed by atoms with E-state index in [1.54, 1.807) is 0 Å². The Morgan fingerprint density at radius 1 is 1.03 bits per heavy atom. The Hall–Kier alpha value is -3.22. The maximum atomic E-state index is 6.13. The lowest BCUT2D eigenvalue weighted by molar-refractivity contribution is 0.171. The van der Waals surface area contributed by atoms with Gasteiger partial charge >= 0.3 is 0 Å². The molecule has 3 N–H and O–H groups in total. The van der Waals surface area contributed by atoms with Crippen molar-refractivity contribution in [1.82, 2.24) is 19.9 Å². The lowest BCUT2D eigenvalue weighted by Crippen LogP contribution is -2.41.